The van der Waals surface area contributed by atoms with E-state index in [0.717, 1.165) is 5.56 Å². The quantitative estimate of drug-likeness (QED) is 0.554. The van der Waals surface area contributed by atoms with Crippen LogP contribution in [0.3, 0.4) is 0 Å². The Morgan fingerprint density at radius 1 is 1.32 bits per heavy atom. The number of aliphatic hydroxyl groups excluding tert-OH is 1. The SMILES string of the molecule is Cc1ccc(-c2noc([C@@H](C)CO)n2)cc1NC(=O)c1cnc2ccccn12. The maximum atomic E-state index is 12.8. The molecule has 0 aliphatic rings. The van der Waals surface area contributed by atoms with Crippen LogP contribution < -0.4 is 5.32 Å². The van der Waals surface area contributed by atoms with Gasteiger partial charge in [0.15, 0.2) is 0 Å². The number of aromatic nitrogens is 4. The minimum atomic E-state index is -0.262. The molecule has 0 aliphatic heterocycles. The molecule has 4 rings (SSSR count). The first-order valence-corrected chi connectivity index (χ1v) is 8.85. The smallest absolute Gasteiger partial charge is 0.274 e. The Hall–Kier alpha value is -3.52. The van der Waals surface area contributed by atoms with Crippen molar-refractivity contribution in [2.75, 3.05) is 11.9 Å². The van der Waals surface area contributed by atoms with Gasteiger partial charge in [0.1, 0.15) is 11.3 Å². The number of benzene rings is 1. The predicted octanol–water partition coefficient (Wildman–Crippen LogP) is 3.04. The standard InChI is InChI=1S/C20H19N5O3/c1-12-6-7-14(18-23-20(28-24-18)13(2)11-26)9-15(12)22-19(27)16-10-21-17-5-3-4-8-25(16)17/h3-10,13,26H,11H2,1-2H3,(H,22,27)/t13-/m0/s1. The first-order chi connectivity index (χ1) is 13.6. The Labute approximate surface area is 160 Å². The lowest BCUT2D eigenvalue weighted by Gasteiger charge is -2.09. The molecule has 3 aromatic heterocycles. The number of nitrogens with zero attached hydrogens (tertiary/aromatic N) is 4. The normalized spacial score (nSPS) is 12.2. The Morgan fingerprint density at radius 2 is 2.18 bits per heavy atom. The van der Waals surface area contributed by atoms with Gasteiger partial charge in [0.25, 0.3) is 5.91 Å². The Kier molecular flexibility index (Phi) is 4.62. The highest BCUT2D eigenvalue weighted by Crippen LogP contribution is 2.25. The number of anilines is 1. The molecule has 1 aromatic carbocycles. The second-order valence-electron chi connectivity index (χ2n) is 6.60. The molecule has 1 atom stereocenters. The average Bonchev–Trinajstić information content (AvgIpc) is 3.36. The zero-order valence-corrected chi connectivity index (χ0v) is 15.5. The van der Waals surface area contributed by atoms with Gasteiger partial charge >= 0.3 is 0 Å². The molecule has 0 aliphatic carbocycles. The van der Waals surface area contributed by atoms with E-state index >= 15 is 0 Å². The van der Waals surface area contributed by atoms with Crippen molar-refractivity contribution < 1.29 is 14.4 Å². The van der Waals surface area contributed by atoms with Crippen LogP contribution in [0, 0.1) is 6.92 Å². The average molecular weight is 377 g/mol. The summed E-state index contributed by atoms with van der Waals surface area (Å²) in [5.74, 6) is 0.276. The summed E-state index contributed by atoms with van der Waals surface area (Å²) in [4.78, 5) is 21.3. The molecule has 0 spiro atoms. The van der Waals surface area contributed by atoms with Gasteiger partial charge in [-0.1, -0.05) is 30.3 Å². The minimum absolute atomic E-state index is 0.0733. The van der Waals surface area contributed by atoms with Gasteiger partial charge in [-0.2, -0.15) is 4.98 Å². The van der Waals surface area contributed by atoms with E-state index in [-0.39, 0.29) is 18.4 Å². The number of imidazole rings is 1. The molecule has 0 saturated carbocycles. The van der Waals surface area contributed by atoms with Crippen molar-refractivity contribution in [1.29, 1.82) is 0 Å². The summed E-state index contributed by atoms with van der Waals surface area (Å²) >= 11 is 0. The van der Waals surface area contributed by atoms with Gasteiger partial charge in [0, 0.05) is 17.4 Å². The van der Waals surface area contributed by atoms with Crippen molar-refractivity contribution in [2.45, 2.75) is 19.8 Å². The Bertz CT molecular complexity index is 1150. The van der Waals surface area contributed by atoms with Gasteiger partial charge < -0.3 is 14.9 Å². The number of amides is 1. The number of fused-ring (bicyclic) bond motifs is 1. The van der Waals surface area contributed by atoms with Gasteiger partial charge in [0.2, 0.25) is 11.7 Å². The molecule has 2 N–H and O–H groups in total. The molecule has 28 heavy (non-hydrogen) atoms. The van der Waals surface area contributed by atoms with E-state index in [0.29, 0.717) is 34.3 Å². The maximum Gasteiger partial charge on any atom is 0.274 e. The first-order valence-electron chi connectivity index (χ1n) is 8.85. The van der Waals surface area contributed by atoms with E-state index in [1.807, 2.05) is 37.3 Å². The number of aliphatic hydroxyl groups is 1. The summed E-state index contributed by atoms with van der Waals surface area (Å²) in [6, 6.07) is 11.1. The minimum Gasteiger partial charge on any atom is -0.396 e. The van der Waals surface area contributed by atoms with Crippen LogP contribution in [0.5, 0.6) is 0 Å². The molecule has 0 fully saturated rings. The van der Waals surface area contributed by atoms with Crippen LogP contribution in [0.1, 0.15) is 34.8 Å². The van der Waals surface area contributed by atoms with E-state index in [4.69, 9.17) is 4.52 Å². The zero-order chi connectivity index (χ0) is 19.7. The molecule has 0 saturated heterocycles. The highest BCUT2D eigenvalue weighted by molar-refractivity contribution is 6.04. The summed E-state index contributed by atoms with van der Waals surface area (Å²) in [7, 11) is 0. The van der Waals surface area contributed by atoms with Gasteiger partial charge in [0.05, 0.1) is 18.7 Å². The Morgan fingerprint density at radius 3 is 3.00 bits per heavy atom. The molecule has 0 bridgehead atoms. The molecule has 4 aromatic rings. The summed E-state index contributed by atoms with van der Waals surface area (Å²) in [5, 5.41) is 16.1. The lowest BCUT2D eigenvalue weighted by Crippen LogP contribution is -2.15. The van der Waals surface area contributed by atoms with Crippen molar-refractivity contribution in [3.05, 3.63) is 65.9 Å². The monoisotopic (exact) mass is 377 g/mol. The van der Waals surface area contributed by atoms with Crippen molar-refractivity contribution in [2.24, 2.45) is 0 Å². The summed E-state index contributed by atoms with van der Waals surface area (Å²) in [5.41, 5.74) is 3.40. The largest absolute Gasteiger partial charge is 0.396 e. The molecule has 142 valence electrons. The fourth-order valence-electron chi connectivity index (χ4n) is 2.81. The molecular weight excluding hydrogens is 358 g/mol. The molecule has 0 radical (unpaired) electrons. The van der Waals surface area contributed by atoms with Crippen LogP contribution in [0.15, 0.2) is 53.3 Å². The van der Waals surface area contributed by atoms with Crippen molar-refractivity contribution >= 4 is 17.2 Å². The number of hydrogen-bond donors (Lipinski definition) is 2. The number of carbonyl (C=O) groups is 1. The maximum absolute atomic E-state index is 12.8. The number of rotatable bonds is 5. The molecule has 8 nitrogen and oxygen atoms in total. The summed E-state index contributed by atoms with van der Waals surface area (Å²) < 4.78 is 6.94. The van der Waals surface area contributed by atoms with Crippen LogP contribution in [-0.2, 0) is 0 Å². The van der Waals surface area contributed by atoms with Gasteiger partial charge in [-0.3, -0.25) is 9.20 Å². The predicted molar refractivity (Wildman–Crippen MR) is 103 cm³/mol. The zero-order valence-electron chi connectivity index (χ0n) is 15.5. The molecule has 1 amide bonds. The van der Waals surface area contributed by atoms with Gasteiger partial charge in [-0.15, -0.1) is 0 Å². The third-order valence-electron chi connectivity index (χ3n) is 4.53. The lowest BCUT2D eigenvalue weighted by atomic mass is 10.1. The number of hydrogen-bond acceptors (Lipinski definition) is 6. The first kappa shape index (κ1) is 17.9. The van der Waals surface area contributed by atoms with Gasteiger partial charge in [-0.05, 0) is 30.7 Å². The summed E-state index contributed by atoms with van der Waals surface area (Å²) in [6.07, 6.45) is 3.34. The van der Waals surface area contributed by atoms with Crippen molar-refractivity contribution in [1.82, 2.24) is 19.5 Å². The number of nitrogens with one attached hydrogen (secondary N) is 1. The number of pyridine rings is 1. The third-order valence-corrected chi connectivity index (χ3v) is 4.53. The van der Waals surface area contributed by atoms with Crippen molar-refractivity contribution in [3.8, 4) is 11.4 Å². The second kappa shape index (κ2) is 7.24. The van der Waals surface area contributed by atoms with Crippen molar-refractivity contribution in [3.63, 3.8) is 0 Å². The van der Waals surface area contributed by atoms with Crippen LogP contribution >= 0.6 is 0 Å². The van der Waals surface area contributed by atoms with Crippen LogP contribution in [0.2, 0.25) is 0 Å². The lowest BCUT2D eigenvalue weighted by molar-refractivity contribution is 0.102. The highest BCUT2D eigenvalue weighted by atomic mass is 16.5. The molecule has 8 heteroatoms. The van der Waals surface area contributed by atoms with E-state index in [1.54, 1.807) is 29.8 Å². The third kappa shape index (κ3) is 3.25. The van der Waals surface area contributed by atoms with E-state index in [1.165, 1.54) is 0 Å². The second-order valence-corrected chi connectivity index (χ2v) is 6.60. The van der Waals surface area contributed by atoms with Gasteiger partial charge in [-0.25, -0.2) is 4.98 Å². The molecule has 0 unspecified atom stereocenters. The highest BCUT2D eigenvalue weighted by Gasteiger charge is 2.17. The molecular formula is C20H19N5O3. The Balaban J connectivity index is 1.62. The van der Waals surface area contributed by atoms with Crippen LogP contribution in [-0.4, -0.2) is 37.1 Å². The number of carbonyl (C=O) groups excluding carboxylic acids is 1. The summed E-state index contributed by atoms with van der Waals surface area (Å²) in [6.45, 7) is 3.63. The molecule has 3 heterocycles. The van der Waals surface area contributed by atoms with E-state index in [2.05, 4.69) is 20.4 Å². The fourth-order valence-corrected chi connectivity index (χ4v) is 2.81. The van der Waals surface area contributed by atoms with Crippen LogP contribution in [0.25, 0.3) is 17.0 Å². The van der Waals surface area contributed by atoms with E-state index in [9.17, 15) is 9.90 Å². The van der Waals surface area contributed by atoms with Crippen LogP contribution in [0.4, 0.5) is 5.69 Å². The van der Waals surface area contributed by atoms with E-state index < -0.39 is 0 Å². The number of aryl methyl sites for hydroxylation is 1. The topological polar surface area (TPSA) is 106 Å². The fraction of sp³-hybridized carbons (Fsp3) is 0.200.